The van der Waals surface area contributed by atoms with E-state index in [4.69, 9.17) is 0 Å². The topological polar surface area (TPSA) is 49.4 Å². The van der Waals surface area contributed by atoms with Crippen LogP contribution < -0.4 is 5.32 Å². The Labute approximate surface area is 126 Å². The zero-order valence-corrected chi connectivity index (χ0v) is 13.1. The molecule has 1 aromatic carbocycles. The molecule has 0 bridgehead atoms. The SMILES string of the molecule is CCCCN1C(=O)C(C)(CC)NC(=O)C1c1ccccc1. The van der Waals surface area contributed by atoms with Gasteiger partial charge in [0.2, 0.25) is 11.8 Å². The molecule has 2 atom stereocenters. The second-order valence-electron chi connectivity index (χ2n) is 5.84. The van der Waals surface area contributed by atoms with Gasteiger partial charge in [-0.1, -0.05) is 50.6 Å². The molecule has 1 heterocycles. The molecule has 0 aliphatic carbocycles. The van der Waals surface area contributed by atoms with Gasteiger partial charge >= 0.3 is 0 Å². The third-order valence-corrected chi connectivity index (χ3v) is 4.27. The lowest BCUT2D eigenvalue weighted by Gasteiger charge is -2.44. The van der Waals surface area contributed by atoms with Gasteiger partial charge in [-0.3, -0.25) is 9.59 Å². The summed E-state index contributed by atoms with van der Waals surface area (Å²) in [7, 11) is 0. The first-order valence-electron chi connectivity index (χ1n) is 7.71. The van der Waals surface area contributed by atoms with Crippen molar-refractivity contribution in [2.75, 3.05) is 6.54 Å². The molecule has 4 heteroatoms. The van der Waals surface area contributed by atoms with Crippen LogP contribution in [0.4, 0.5) is 0 Å². The van der Waals surface area contributed by atoms with E-state index in [2.05, 4.69) is 12.2 Å². The van der Waals surface area contributed by atoms with E-state index in [0.29, 0.717) is 13.0 Å². The molecule has 4 nitrogen and oxygen atoms in total. The Morgan fingerprint density at radius 2 is 1.86 bits per heavy atom. The van der Waals surface area contributed by atoms with Crippen molar-refractivity contribution in [3.63, 3.8) is 0 Å². The molecule has 0 saturated carbocycles. The van der Waals surface area contributed by atoms with E-state index >= 15 is 0 Å². The van der Waals surface area contributed by atoms with Crippen LogP contribution in [0.2, 0.25) is 0 Å². The molecular formula is C17H24N2O2. The minimum atomic E-state index is -0.782. The van der Waals surface area contributed by atoms with Crippen LogP contribution in [0.1, 0.15) is 51.6 Å². The molecule has 0 spiro atoms. The third-order valence-electron chi connectivity index (χ3n) is 4.27. The van der Waals surface area contributed by atoms with E-state index in [1.54, 1.807) is 4.90 Å². The van der Waals surface area contributed by atoms with Gasteiger partial charge in [0.05, 0.1) is 0 Å². The number of nitrogens with zero attached hydrogens (tertiary/aromatic N) is 1. The highest BCUT2D eigenvalue weighted by Gasteiger charge is 2.47. The van der Waals surface area contributed by atoms with Gasteiger partial charge in [0.1, 0.15) is 11.6 Å². The molecule has 1 aromatic rings. The van der Waals surface area contributed by atoms with Gasteiger partial charge in [-0.25, -0.2) is 0 Å². The Kier molecular flexibility index (Phi) is 4.66. The molecule has 1 N–H and O–H groups in total. The molecule has 2 amide bonds. The van der Waals surface area contributed by atoms with E-state index in [9.17, 15) is 9.59 Å². The molecule has 1 aliphatic heterocycles. The van der Waals surface area contributed by atoms with Crippen LogP contribution in [0.25, 0.3) is 0 Å². The lowest BCUT2D eigenvalue weighted by Crippen LogP contribution is -2.66. The van der Waals surface area contributed by atoms with E-state index < -0.39 is 11.6 Å². The third kappa shape index (κ3) is 2.94. The van der Waals surface area contributed by atoms with Crippen LogP contribution in [0.3, 0.4) is 0 Å². The summed E-state index contributed by atoms with van der Waals surface area (Å²) < 4.78 is 0. The van der Waals surface area contributed by atoms with Crippen LogP contribution in [0.15, 0.2) is 30.3 Å². The predicted molar refractivity (Wildman–Crippen MR) is 82.6 cm³/mol. The minimum Gasteiger partial charge on any atom is -0.340 e. The lowest BCUT2D eigenvalue weighted by atomic mass is 9.89. The van der Waals surface area contributed by atoms with Gasteiger partial charge < -0.3 is 10.2 Å². The molecule has 1 fully saturated rings. The summed E-state index contributed by atoms with van der Waals surface area (Å²) in [5, 5.41) is 2.92. The van der Waals surface area contributed by atoms with Gasteiger partial charge in [-0.15, -0.1) is 0 Å². The van der Waals surface area contributed by atoms with Gasteiger partial charge in [0, 0.05) is 6.54 Å². The van der Waals surface area contributed by atoms with Crippen molar-refractivity contribution in [3.05, 3.63) is 35.9 Å². The fourth-order valence-electron chi connectivity index (χ4n) is 2.73. The lowest BCUT2D eigenvalue weighted by molar-refractivity contribution is -0.154. The standard InChI is InChI=1S/C17H24N2O2/c1-4-6-12-19-14(13-10-8-7-9-11-13)15(20)18-17(3,5-2)16(19)21/h7-11,14H,4-6,12H2,1-3H3,(H,18,20). The maximum atomic E-state index is 12.8. The highest BCUT2D eigenvalue weighted by atomic mass is 16.2. The first kappa shape index (κ1) is 15.5. The van der Waals surface area contributed by atoms with Crippen molar-refractivity contribution in [3.8, 4) is 0 Å². The number of carbonyl (C=O) groups excluding carboxylic acids is 2. The number of hydrogen-bond donors (Lipinski definition) is 1. The van der Waals surface area contributed by atoms with Crippen molar-refractivity contribution in [2.45, 2.75) is 51.6 Å². The second kappa shape index (κ2) is 6.29. The Morgan fingerprint density at radius 3 is 2.43 bits per heavy atom. The van der Waals surface area contributed by atoms with Crippen molar-refractivity contribution in [1.29, 1.82) is 0 Å². The van der Waals surface area contributed by atoms with Gasteiger partial charge in [0.15, 0.2) is 0 Å². The smallest absolute Gasteiger partial charge is 0.248 e. The van der Waals surface area contributed by atoms with E-state index in [-0.39, 0.29) is 11.8 Å². The molecular weight excluding hydrogens is 264 g/mol. The maximum Gasteiger partial charge on any atom is 0.248 e. The molecule has 2 unspecified atom stereocenters. The molecule has 0 radical (unpaired) electrons. The summed E-state index contributed by atoms with van der Waals surface area (Å²) in [5.74, 6) is -0.0619. The highest BCUT2D eigenvalue weighted by molar-refractivity contribution is 6.00. The van der Waals surface area contributed by atoms with Crippen molar-refractivity contribution < 1.29 is 9.59 Å². The molecule has 1 saturated heterocycles. The number of benzene rings is 1. The molecule has 1 aliphatic rings. The maximum absolute atomic E-state index is 12.8. The molecule has 21 heavy (non-hydrogen) atoms. The first-order valence-corrected chi connectivity index (χ1v) is 7.71. The zero-order valence-electron chi connectivity index (χ0n) is 13.1. The Morgan fingerprint density at radius 1 is 1.19 bits per heavy atom. The Hall–Kier alpha value is -1.84. The second-order valence-corrected chi connectivity index (χ2v) is 5.84. The molecule has 2 rings (SSSR count). The van der Waals surface area contributed by atoms with Crippen LogP contribution >= 0.6 is 0 Å². The number of rotatable bonds is 5. The Bertz CT molecular complexity index is 515. The quantitative estimate of drug-likeness (QED) is 0.905. The zero-order chi connectivity index (χ0) is 15.5. The first-order chi connectivity index (χ1) is 10.0. The Balaban J connectivity index is 2.37. The molecule has 114 valence electrons. The average Bonchev–Trinajstić information content (AvgIpc) is 2.50. The largest absolute Gasteiger partial charge is 0.340 e. The summed E-state index contributed by atoms with van der Waals surface area (Å²) >= 11 is 0. The average molecular weight is 288 g/mol. The van der Waals surface area contributed by atoms with Gasteiger partial charge in [-0.2, -0.15) is 0 Å². The van der Waals surface area contributed by atoms with Crippen LogP contribution in [-0.2, 0) is 9.59 Å². The number of carbonyl (C=O) groups is 2. The van der Waals surface area contributed by atoms with E-state index in [0.717, 1.165) is 18.4 Å². The van der Waals surface area contributed by atoms with Crippen molar-refractivity contribution in [2.24, 2.45) is 0 Å². The van der Waals surface area contributed by atoms with Crippen LogP contribution in [0.5, 0.6) is 0 Å². The minimum absolute atomic E-state index is 0.0203. The summed E-state index contributed by atoms with van der Waals surface area (Å²) in [6, 6.07) is 9.02. The predicted octanol–water partition coefficient (Wildman–Crippen LogP) is 2.65. The number of hydrogen-bond acceptors (Lipinski definition) is 2. The summed E-state index contributed by atoms with van der Waals surface area (Å²) in [6.07, 6.45) is 2.50. The normalized spacial score (nSPS) is 25.9. The van der Waals surface area contributed by atoms with E-state index in [1.807, 2.05) is 44.2 Å². The monoisotopic (exact) mass is 288 g/mol. The van der Waals surface area contributed by atoms with Gasteiger partial charge in [-0.05, 0) is 25.3 Å². The molecule has 0 aromatic heterocycles. The summed E-state index contributed by atoms with van der Waals surface area (Å²) in [5.41, 5.74) is 0.0911. The fraction of sp³-hybridized carbons (Fsp3) is 0.529. The summed E-state index contributed by atoms with van der Waals surface area (Å²) in [4.78, 5) is 27.2. The highest BCUT2D eigenvalue weighted by Crippen LogP contribution is 2.30. The number of piperazine rings is 1. The fourth-order valence-corrected chi connectivity index (χ4v) is 2.73. The van der Waals surface area contributed by atoms with Crippen LogP contribution in [-0.4, -0.2) is 28.8 Å². The van der Waals surface area contributed by atoms with Crippen molar-refractivity contribution in [1.82, 2.24) is 10.2 Å². The van der Waals surface area contributed by atoms with Gasteiger partial charge in [0.25, 0.3) is 0 Å². The number of unbranched alkanes of at least 4 members (excludes halogenated alkanes) is 1. The number of amides is 2. The van der Waals surface area contributed by atoms with E-state index in [1.165, 1.54) is 0 Å². The van der Waals surface area contributed by atoms with Crippen LogP contribution in [0, 0.1) is 0 Å². The van der Waals surface area contributed by atoms with Crippen molar-refractivity contribution >= 4 is 11.8 Å². The summed E-state index contributed by atoms with van der Waals surface area (Å²) in [6.45, 7) is 6.45. The number of nitrogens with one attached hydrogen (secondary N) is 1.